The van der Waals surface area contributed by atoms with Crippen molar-refractivity contribution in [3.8, 4) is 0 Å². The Hall–Kier alpha value is -2.53. The Morgan fingerprint density at radius 1 is 0.940 bits per heavy atom. The van der Waals surface area contributed by atoms with Crippen molar-refractivity contribution in [3.05, 3.63) is 35.9 Å². The van der Waals surface area contributed by atoms with Gasteiger partial charge in [0.1, 0.15) is 12.2 Å². The second kappa shape index (κ2) is 12.0. The lowest BCUT2D eigenvalue weighted by Crippen LogP contribution is -2.72. The van der Waals surface area contributed by atoms with Crippen molar-refractivity contribution in [2.45, 2.75) is 129 Å². The molecule has 1 N–H and O–H groups in total. The molecule has 4 aliphatic carbocycles. The molecule has 2 heterocycles. The van der Waals surface area contributed by atoms with Crippen LogP contribution in [0.15, 0.2) is 30.3 Å². The summed E-state index contributed by atoms with van der Waals surface area (Å²) in [6.45, 7) is 14.9. The largest absolute Gasteiger partial charge is 0.467 e. The van der Waals surface area contributed by atoms with E-state index in [9.17, 15) is 19.5 Å². The van der Waals surface area contributed by atoms with Gasteiger partial charge in [-0.1, -0.05) is 51.1 Å². The third-order valence-electron chi connectivity index (χ3n) is 15.2. The maximum atomic E-state index is 13.9. The highest BCUT2D eigenvalue weighted by Gasteiger charge is 2.88. The summed E-state index contributed by atoms with van der Waals surface area (Å²) in [5.74, 6) is -2.01. The molecule has 276 valence electrons. The Labute approximate surface area is 296 Å². The predicted molar refractivity (Wildman–Crippen MR) is 181 cm³/mol. The minimum atomic E-state index is -1.56. The number of epoxide rings is 1. The van der Waals surface area contributed by atoms with Gasteiger partial charge in [0.15, 0.2) is 6.10 Å². The highest BCUT2D eigenvalue weighted by atomic mass is 16.7. The fourth-order valence-corrected chi connectivity index (χ4v) is 12.9. The molecule has 4 unspecified atom stereocenters. The number of hydrogen-bond acceptors (Lipinski definition) is 10. The molecule has 0 amide bonds. The normalized spacial score (nSPS) is 47.9. The van der Waals surface area contributed by atoms with Crippen LogP contribution in [0.3, 0.4) is 0 Å². The summed E-state index contributed by atoms with van der Waals surface area (Å²) in [5.41, 5.74) is -4.67. The first-order valence-electron chi connectivity index (χ1n) is 18.6. The topological polar surface area (TPSA) is 130 Å². The van der Waals surface area contributed by atoms with Gasteiger partial charge in [0.2, 0.25) is 5.60 Å². The monoisotopic (exact) mass is 696 g/mol. The molecule has 7 rings (SSSR count). The van der Waals surface area contributed by atoms with Crippen LogP contribution in [-0.4, -0.2) is 79.0 Å². The van der Waals surface area contributed by atoms with Crippen LogP contribution in [0.5, 0.6) is 0 Å². The quantitative estimate of drug-likeness (QED) is 0.224. The number of hydrogen-bond donors (Lipinski definition) is 1. The fourth-order valence-electron chi connectivity index (χ4n) is 12.9. The van der Waals surface area contributed by atoms with Gasteiger partial charge in [-0.3, -0.25) is 9.59 Å². The van der Waals surface area contributed by atoms with Crippen LogP contribution in [0.2, 0.25) is 0 Å². The van der Waals surface area contributed by atoms with Crippen LogP contribution < -0.4 is 0 Å². The van der Waals surface area contributed by atoms with Gasteiger partial charge in [0.25, 0.3) is 0 Å². The third kappa shape index (κ3) is 4.69. The van der Waals surface area contributed by atoms with E-state index >= 15 is 0 Å². The first-order valence-corrected chi connectivity index (χ1v) is 18.6. The van der Waals surface area contributed by atoms with E-state index in [2.05, 4.69) is 32.9 Å². The number of esters is 3. The maximum Gasteiger partial charge on any atom is 0.341 e. The molecule has 10 heteroatoms. The molecule has 0 spiro atoms. The van der Waals surface area contributed by atoms with Crippen LogP contribution >= 0.6 is 0 Å². The molecule has 1 aromatic carbocycles. The molecule has 6 fully saturated rings. The molecule has 2 aliphatic heterocycles. The Morgan fingerprint density at radius 3 is 2.28 bits per heavy atom. The second-order valence-corrected chi connectivity index (χ2v) is 17.4. The number of methoxy groups -OCH3 is 1. The zero-order valence-corrected chi connectivity index (χ0v) is 31.0. The van der Waals surface area contributed by atoms with E-state index in [1.807, 2.05) is 32.0 Å². The van der Waals surface area contributed by atoms with Crippen LogP contribution in [0.4, 0.5) is 0 Å². The van der Waals surface area contributed by atoms with E-state index in [-0.39, 0.29) is 40.6 Å². The van der Waals surface area contributed by atoms with E-state index in [4.69, 9.17) is 28.4 Å². The predicted octanol–water partition coefficient (Wildman–Crippen LogP) is 5.41. The van der Waals surface area contributed by atoms with Gasteiger partial charge in [-0.2, -0.15) is 0 Å². The zero-order valence-electron chi connectivity index (χ0n) is 31.0. The van der Waals surface area contributed by atoms with E-state index in [1.54, 1.807) is 0 Å². The van der Waals surface area contributed by atoms with Gasteiger partial charge in [0, 0.05) is 24.7 Å². The van der Waals surface area contributed by atoms with Gasteiger partial charge >= 0.3 is 17.9 Å². The number of fused-ring (bicyclic) bond motifs is 10. The molecule has 0 aromatic heterocycles. The van der Waals surface area contributed by atoms with Crippen LogP contribution in [0.25, 0.3) is 0 Å². The lowest BCUT2D eigenvalue weighted by molar-refractivity contribution is -0.249. The van der Waals surface area contributed by atoms with Crippen LogP contribution in [-0.2, 0) is 49.4 Å². The lowest BCUT2D eigenvalue weighted by atomic mass is 9.44. The summed E-state index contributed by atoms with van der Waals surface area (Å²) in [6.07, 6.45) is 1.30. The summed E-state index contributed by atoms with van der Waals surface area (Å²) in [6, 6.07) is 10.2. The fraction of sp³-hybridized carbons (Fsp3) is 0.775. The highest BCUT2D eigenvalue weighted by Crippen LogP contribution is 2.75. The van der Waals surface area contributed by atoms with Crippen LogP contribution in [0, 0.1) is 45.3 Å². The average Bonchev–Trinajstić information content (AvgIpc) is 3.74. The molecular weight excluding hydrogens is 640 g/mol. The molecule has 50 heavy (non-hydrogen) atoms. The molecule has 14 atom stereocenters. The number of carbonyl (C=O) groups is 3. The molecule has 0 radical (unpaired) electrons. The van der Waals surface area contributed by atoms with Gasteiger partial charge in [-0.25, -0.2) is 4.79 Å². The molecule has 2 bridgehead atoms. The summed E-state index contributed by atoms with van der Waals surface area (Å²) in [4.78, 5) is 40.2. The summed E-state index contributed by atoms with van der Waals surface area (Å²) >= 11 is 0. The highest BCUT2D eigenvalue weighted by molar-refractivity contribution is 5.86. The summed E-state index contributed by atoms with van der Waals surface area (Å²) in [5, 5.41) is 13.5. The molecule has 10 nitrogen and oxygen atoms in total. The first kappa shape index (κ1) is 35.9. The minimum absolute atomic E-state index is 0.0123. The third-order valence-corrected chi connectivity index (χ3v) is 15.2. The average molecular weight is 697 g/mol. The summed E-state index contributed by atoms with van der Waals surface area (Å²) < 4.78 is 37.6. The maximum absolute atomic E-state index is 13.9. The lowest BCUT2D eigenvalue weighted by Gasteiger charge is -2.61. The minimum Gasteiger partial charge on any atom is -0.467 e. The van der Waals surface area contributed by atoms with Gasteiger partial charge in [-0.15, -0.1) is 0 Å². The van der Waals surface area contributed by atoms with Crippen molar-refractivity contribution >= 4 is 17.9 Å². The van der Waals surface area contributed by atoms with Gasteiger partial charge in [-0.05, 0) is 87.0 Å². The van der Waals surface area contributed by atoms with Crippen molar-refractivity contribution in [2.24, 2.45) is 45.3 Å². The molecule has 1 aromatic rings. The van der Waals surface area contributed by atoms with Crippen molar-refractivity contribution < 1.29 is 47.9 Å². The molecule has 6 aliphatic rings. The SMILES string of the molecule is COC(=O)[C@@]12O[C@@H]1C(C)C[C@@]1(O)C3CC[C@]4(C)C(CC[C@@]5(C(C)OCc6ccccc6)COC[C@H]54)[C@](C)(C3)[C@H](OC(C)=O)[C@H](OC(C)=O)[C@]12C. The van der Waals surface area contributed by atoms with Gasteiger partial charge in [0.05, 0.1) is 44.1 Å². The Kier molecular flexibility index (Phi) is 8.61. The number of rotatable bonds is 7. The summed E-state index contributed by atoms with van der Waals surface area (Å²) in [7, 11) is 1.32. The van der Waals surface area contributed by atoms with E-state index < -0.39 is 58.3 Å². The first-order chi connectivity index (χ1) is 23.5. The number of carbonyl (C=O) groups excluding carboxylic acids is 3. The van der Waals surface area contributed by atoms with Crippen molar-refractivity contribution in [3.63, 3.8) is 0 Å². The zero-order chi connectivity index (χ0) is 36.1. The van der Waals surface area contributed by atoms with E-state index in [0.717, 1.165) is 24.8 Å². The second-order valence-electron chi connectivity index (χ2n) is 17.4. The number of aliphatic hydroxyl groups is 1. The molecular formula is C40H56O10. The number of benzene rings is 1. The van der Waals surface area contributed by atoms with Crippen LogP contribution in [0.1, 0.15) is 92.6 Å². The Balaban J connectivity index is 1.35. The Bertz CT molecular complexity index is 1520. The Morgan fingerprint density at radius 2 is 1.62 bits per heavy atom. The van der Waals surface area contributed by atoms with Crippen molar-refractivity contribution in [2.75, 3.05) is 20.3 Å². The smallest absolute Gasteiger partial charge is 0.341 e. The number of ether oxygens (including phenoxy) is 6. The van der Waals surface area contributed by atoms with E-state index in [0.29, 0.717) is 39.1 Å². The standard InChI is InChI=1S/C40H56O10/c1-23-18-39(44)28-14-16-35(5)29(15-17-38(22-46-21-30(35)38)24(2)47-20-27-12-10-9-11-13-27)36(6,19-28)32(48-25(3)41)33(49-26(4)42)37(39,7)40(31(23)50-40)34(43)45-8/h9-13,23-24,28-33,44H,14-22H2,1-8H3/t23?,24?,28?,29?,30-,31+,32+,33-,35+,36-,37+,38-,39+,40-/m0/s1. The molecule has 2 saturated heterocycles. The van der Waals surface area contributed by atoms with Gasteiger partial charge < -0.3 is 33.5 Å². The molecule has 4 saturated carbocycles. The van der Waals surface area contributed by atoms with Crippen molar-refractivity contribution in [1.29, 1.82) is 0 Å². The van der Waals surface area contributed by atoms with E-state index in [1.165, 1.54) is 21.0 Å². The van der Waals surface area contributed by atoms with Crippen molar-refractivity contribution in [1.82, 2.24) is 0 Å².